The van der Waals surface area contributed by atoms with Crippen LogP contribution in [0.15, 0.2) is 36.4 Å². The van der Waals surface area contributed by atoms with Crippen LogP contribution in [-0.2, 0) is 15.7 Å². The van der Waals surface area contributed by atoms with Crippen molar-refractivity contribution in [2.75, 3.05) is 40.4 Å². The SMILES string of the molecule is CCOC(=O)CN1CSC(c2ccc(C(F)(F)F)cc2)=C1c1cc(OC)c(OC)c(OC)c1. The number of benzene rings is 2. The van der Waals surface area contributed by atoms with Crippen molar-refractivity contribution in [1.29, 1.82) is 0 Å². The highest BCUT2D eigenvalue weighted by atomic mass is 32.2. The first-order valence-electron chi connectivity index (χ1n) is 9.99. The summed E-state index contributed by atoms with van der Waals surface area (Å²) in [5.41, 5.74) is 1.19. The number of hydrogen-bond acceptors (Lipinski definition) is 7. The average Bonchev–Trinajstić information content (AvgIpc) is 3.20. The predicted octanol–water partition coefficient (Wildman–Crippen LogP) is 5.13. The molecule has 0 spiro atoms. The minimum atomic E-state index is -4.43. The summed E-state index contributed by atoms with van der Waals surface area (Å²) < 4.78 is 60.5. The summed E-state index contributed by atoms with van der Waals surface area (Å²) in [5.74, 6) is 1.25. The van der Waals surface area contributed by atoms with Crippen molar-refractivity contribution in [3.05, 3.63) is 53.1 Å². The number of esters is 1. The van der Waals surface area contributed by atoms with Crippen LogP contribution < -0.4 is 14.2 Å². The second-order valence-corrected chi connectivity index (χ2v) is 7.90. The smallest absolute Gasteiger partial charge is 0.416 e. The second-order valence-electron chi connectivity index (χ2n) is 6.94. The van der Waals surface area contributed by atoms with Gasteiger partial charge in [0.25, 0.3) is 0 Å². The molecule has 33 heavy (non-hydrogen) atoms. The number of methoxy groups -OCH3 is 3. The number of ether oxygens (including phenoxy) is 4. The van der Waals surface area contributed by atoms with Gasteiger partial charge in [-0.3, -0.25) is 4.79 Å². The lowest BCUT2D eigenvalue weighted by Crippen LogP contribution is -2.27. The molecule has 0 saturated carbocycles. The summed E-state index contributed by atoms with van der Waals surface area (Å²) in [6, 6.07) is 8.43. The van der Waals surface area contributed by atoms with Crippen LogP contribution in [-0.4, -0.2) is 51.2 Å². The molecule has 0 aliphatic carbocycles. The molecule has 178 valence electrons. The predicted molar refractivity (Wildman–Crippen MR) is 120 cm³/mol. The molecule has 2 aromatic rings. The Bertz CT molecular complexity index is 1010. The Hall–Kier alpha value is -3.01. The molecule has 2 aromatic carbocycles. The third kappa shape index (κ3) is 5.32. The first kappa shape index (κ1) is 24.6. The van der Waals surface area contributed by atoms with Crippen LogP contribution >= 0.6 is 11.8 Å². The molecule has 1 heterocycles. The van der Waals surface area contributed by atoms with E-state index < -0.39 is 17.7 Å². The fraction of sp³-hybridized carbons (Fsp3) is 0.348. The van der Waals surface area contributed by atoms with Crippen molar-refractivity contribution in [3.63, 3.8) is 0 Å². The fourth-order valence-corrected chi connectivity index (χ4v) is 4.66. The van der Waals surface area contributed by atoms with E-state index in [0.29, 0.717) is 39.9 Å². The van der Waals surface area contributed by atoms with Crippen LogP contribution in [0.4, 0.5) is 13.2 Å². The summed E-state index contributed by atoms with van der Waals surface area (Å²) >= 11 is 1.42. The summed E-state index contributed by atoms with van der Waals surface area (Å²) in [6.07, 6.45) is -4.43. The van der Waals surface area contributed by atoms with E-state index in [1.54, 1.807) is 19.1 Å². The van der Waals surface area contributed by atoms with Crippen LogP contribution in [0.5, 0.6) is 17.2 Å². The van der Waals surface area contributed by atoms with Gasteiger partial charge in [-0.2, -0.15) is 13.2 Å². The molecule has 3 rings (SSSR count). The topological polar surface area (TPSA) is 57.2 Å². The summed E-state index contributed by atoms with van der Waals surface area (Å²) in [7, 11) is 4.48. The van der Waals surface area contributed by atoms with Crippen LogP contribution in [0.3, 0.4) is 0 Å². The molecule has 6 nitrogen and oxygen atoms in total. The van der Waals surface area contributed by atoms with Gasteiger partial charge in [-0.05, 0) is 36.8 Å². The van der Waals surface area contributed by atoms with Crippen molar-refractivity contribution < 1.29 is 36.9 Å². The standard InChI is InChI=1S/C23H24F3NO5S/c1-5-32-19(28)12-27-13-33-22(14-6-8-16(9-7-14)23(24,25)26)20(27)15-10-17(29-2)21(31-4)18(11-15)30-3/h6-11H,5,12-13H2,1-4H3. The molecule has 1 aliphatic heterocycles. The molecule has 0 N–H and O–H groups in total. The second kappa shape index (κ2) is 10.3. The van der Waals surface area contributed by atoms with Crippen molar-refractivity contribution >= 4 is 28.3 Å². The van der Waals surface area contributed by atoms with Gasteiger partial charge >= 0.3 is 12.1 Å². The zero-order chi connectivity index (χ0) is 24.2. The van der Waals surface area contributed by atoms with Crippen molar-refractivity contribution in [2.45, 2.75) is 13.1 Å². The maximum atomic E-state index is 13.0. The molecule has 0 unspecified atom stereocenters. The maximum Gasteiger partial charge on any atom is 0.416 e. The van der Waals surface area contributed by atoms with E-state index in [4.69, 9.17) is 18.9 Å². The minimum Gasteiger partial charge on any atom is -0.493 e. The third-order valence-electron chi connectivity index (χ3n) is 4.93. The Balaban J connectivity index is 2.15. The summed E-state index contributed by atoms with van der Waals surface area (Å²) in [4.78, 5) is 14.8. The highest BCUT2D eigenvalue weighted by molar-refractivity contribution is 8.08. The van der Waals surface area contributed by atoms with Gasteiger partial charge in [-0.1, -0.05) is 12.1 Å². The number of alkyl halides is 3. The van der Waals surface area contributed by atoms with Gasteiger partial charge in [0.15, 0.2) is 11.5 Å². The number of carbonyl (C=O) groups is 1. The van der Waals surface area contributed by atoms with Gasteiger partial charge in [0, 0.05) is 10.5 Å². The molecule has 0 atom stereocenters. The number of rotatable bonds is 8. The van der Waals surface area contributed by atoms with Crippen molar-refractivity contribution in [2.24, 2.45) is 0 Å². The quantitative estimate of drug-likeness (QED) is 0.483. The van der Waals surface area contributed by atoms with Crippen molar-refractivity contribution in [1.82, 2.24) is 4.90 Å². The molecule has 0 bridgehead atoms. The monoisotopic (exact) mass is 483 g/mol. The molecule has 0 aromatic heterocycles. The Labute approximate surface area is 194 Å². The Morgan fingerprint density at radius 2 is 1.61 bits per heavy atom. The van der Waals surface area contributed by atoms with Crippen LogP contribution in [0.2, 0.25) is 0 Å². The molecule has 0 radical (unpaired) electrons. The lowest BCUT2D eigenvalue weighted by atomic mass is 10.0. The van der Waals surface area contributed by atoms with Crippen molar-refractivity contribution in [3.8, 4) is 17.2 Å². The number of thioether (sulfide) groups is 1. The first-order valence-corrected chi connectivity index (χ1v) is 11.0. The average molecular weight is 484 g/mol. The van der Waals surface area contributed by atoms with Crippen LogP contribution in [0, 0.1) is 0 Å². The fourth-order valence-electron chi connectivity index (χ4n) is 3.47. The summed E-state index contributed by atoms with van der Waals surface area (Å²) in [5, 5.41) is 0. The molecule has 0 fully saturated rings. The largest absolute Gasteiger partial charge is 0.493 e. The molecule has 1 aliphatic rings. The molecular weight excluding hydrogens is 459 g/mol. The number of nitrogens with zero attached hydrogens (tertiary/aromatic N) is 1. The minimum absolute atomic E-state index is 0.0169. The van der Waals surface area contributed by atoms with Gasteiger partial charge in [0.2, 0.25) is 5.75 Å². The van der Waals surface area contributed by atoms with Gasteiger partial charge in [-0.25, -0.2) is 0 Å². The molecule has 0 amide bonds. The zero-order valence-electron chi connectivity index (χ0n) is 18.6. The van der Waals surface area contributed by atoms with Gasteiger partial charge < -0.3 is 23.8 Å². The van der Waals surface area contributed by atoms with Gasteiger partial charge in [0.1, 0.15) is 6.54 Å². The molecule has 10 heteroatoms. The summed E-state index contributed by atoms with van der Waals surface area (Å²) in [6.45, 7) is 1.95. The first-order chi connectivity index (χ1) is 15.7. The van der Waals surface area contributed by atoms with E-state index in [0.717, 1.165) is 17.0 Å². The number of carbonyl (C=O) groups excluding carboxylic acids is 1. The molecular formula is C23H24F3NO5S. The van der Waals surface area contributed by atoms with E-state index in [2.05, 4.69) is 0 Å². The highest BCUT2D eigenvalue weighted by Gasteiger charge is 2.32. The lowest BCUT2D eigenvalue weighted by Gasteiger charge is -2.23. The van der Waals surface area contributed by atoms with E-state index in [-0.39, 0.29) is 13.2 Å². The Morgan fingerprint density at radius 3 is 2.09 bits per heavy atom. The lowest BCUT2D eigenvalue weighted by molar-refractivity contribution is -0.143. The van der Waals surface area contributed by atoms with E-state index >= 15 is 0 Å². The van der Waals surface area contributed by atoms with E-state index in [1.165, 1.54) is 45.2 Å². The van der Waals surface area contributed by atoms with E-state index in [1.807, 2.05) is 4.90 Å². The van der Waals surface area contributed by atoms with Crippen LogP contribution in [0.1, 0.15) is 23.6 Å². The maximum absolute atomic E-state index is 13.0. The highest BCUT2D eigenvalue weighted by Crippen LogP contribution is 2.48. The third-order valence-corrected chi connectivity index (χ3v) is 6.09. The van der Waals surface area contributed by atoms with E-state index in [9.17, 15) is 18.0 Å². The van der Waals surface area contributed by atoms with Gasteiger partial charge in [-0.15, -0.1) is 11.8 Å². The number of halogens is 3. The zero-order valence-corrected chi connectivity index (χ0v) is 19.4. The van der Waals surface area contributed by atoms with Crippen LogP contribution in [0.25, 0.3) is 10.6 Å². The van der Waals surface area contributed by atoms with Gasteiger partial charge in [0.05, 0.1) is 45.1 Å². The Morgan fingerprint density at radius 1 is 1.00 bits per heavy atom. The normalized spacial score (nSPS) is 13.8. The number of hydrogen-bond donors (Lipinski definition) is 0. The molecule has 0 saturated heterocycles. The Kier molecular flexibility index (Phi) is 7.68.